The van der Waals surface area contributed by atoms with E-state index in [4.69, 9.17) is 0 Å². The van der Waals surface area contributed by atoms with Crippen molar-refractivity contribution in [3.05, 3.63) is 54.2 Å². The zero-order chi connectivity index (χ0) is 26.2. The van der Waals surface area contributed by atoms with Crippen molar-refractivity contribution in [3.8, 4) is 11.3 Å². The zero-order valence-electron chi connectivity index (χ0n) is 21.2. The van der Waals surface area contributed by atoms with Crippen LogP contribution in [0.5, 0.6) is 0 Å². The fraction of sp³-hybridized carbons (Fsp3) is 0.346. The summed E-state index contributed by atoms with van der Waals surface area (Å²) in [7, 11) is -0.203. The van der Waals surface area contributed by atoms with Gasteiger partial charge in [0.15, 0.2) is 0 Å². The Morgan fingerprint density at radius 1 is 1.05 bits per heavy atom. The largest absolute Gasteiger partial charge is 0.369 e. The molecule has 5 rings (SSSR count). The van der Waals surface area contributed by atoms with Crippen molar-refractivity contribution in [3.63, 3.8) is 0 Å². The molecule has 3 heterocycles. The molecule has 0 spiro atoms. The number of nitrogens with zero attached hydrogens (tertiary/aromatic N) is 5. The molecular formula is C26H31N7O3S. The molecule has 0 bridgehead atoms. The molecule has 3 aromatic rings. The molecule has 11 heteroatoms. The third kappa shape index (κ3) is 4.72. The lowest BCUT2D eigenvalue weighted by Gasteiger charge is -2.34. The second-order valence-corrected chi connectivity index (χ2v) is 11.1. The molecule has 0 saturated carbocycles. The number of aromatic nitrogens is 2. The van der Waals surface area contributed by atoms with Crippen LogP contribution in [0, 0.1) is 0 Å². The van der Waals surface area contributed by atoms with Crippen LogP contribution in [-0.2, 0) is 10.0 Å². The van der Waals surface area contributed by atoms with Gasteiger partial charge in [0.2, 0.25) is 5.95 Å². The first-order valence-electron chi connectivity index (χ1n) is 12.4. The number of likely N-dealkylation sites (N-methyl/N-ethyl adjacent to an activating group) is 1. The average molecular weight is 522 g/mol. The van der Waals surface area contributed by atoms with E-state index < -0.39 is 10.0 Å². The molecule has 2 aliphatic rings. The zero-order valence-corrected chi connectivity index (χ0v) is 22.0. The minimum atomic E-state index is -3.88. The Balaban J connectivity index is 1.47. The molecule has 0 atom stereocenters. The van der Waals surface area contributed by atoms with E-state index in [2.05, 4.69) is 49.6 Å². The van der Waals surface area contributed by atoms with Crippen molar-refractivity contribution in [2.45, 2.75) is 18.2 Å². The van der Waals surface area contributed by atoms with Crippen LogP contribution < -0.4 is 19.8 Å². The van der Waals surface area contributed by atoms with Crippen LogP contribution in [0.3, 0.4) is 0 Å². The first kappa shape index (κ1) is 25.0. The van der Waals surface area contributed by atoms with Crippen molar-refractivity contribution in [2.24, 2.45) is 0 Å². The number of hydrogen-bond acceptors (Lipinski definition) is 8. The molecule has 1 aromatic heterocycles. The molecule has 37 heavy (non-hydrogen) atoms. The van der Waals surface area contributed by atoms with Crippen LogP contribution in [0.15, 0.2) is 53.6 Å². The van der Waals surface area contributed by atoms with Gasteiger partial charge in [0.05, 0.1) is 17.6 Å². The second kappa shape index (κ2) is 9.98. The van der Waals surface area contributed by atoms with Gasteiger partial charge >= 0.3 is 0 Å². The Labute approximate surface area is 217 Å². The number of rotatable bonds is 6. The molecule has 2 N–H and O–H groups in total. The summed E-state index contributed by atoms with van der Waals surface area (Å²) in [5.41, 5.74) is 3.75. The number of sulfonamides is 1. The number of nitrogens with one attached hydrogen (secondary N) is 2. The van der Waals surface area contributed by atoms with Crippen molar-refractivity contribution < 1.29 is 13.2 Å². The first-order chi connectivity index (χ1) is 17.8. The van der Waals surface area contributed by atoms with Gasteiger partial charge in [-0.05, 0) is 55.9 Å². The smallest absolute Gasteiger partial charge is 0.268 e. The van der Waals surface area contributed by atoms with Crippen molar-refractivity contribution >= 4 is 38.9 Å². The van der Waals surface area contributed by atoms with Gasteiger partial charge in [0.1, 0.15) is 4.90 Å². The van der Waals surface area contributed by atoms with Gasteiger partial charge in [0, 0.05) is 62.3 Å². The van der Waals surface area contributed by atoms with Gasteiger partial charge in [-0.3, -0.25) is 9.10 Å². The summed E-state index contributed by atoms with van der Waals surface area (Å²) >= 11 is 0. The summed E-state index contributed by atoms with van der Waals surface area (Å²) in [6, 6.07) is 13.1. The lowest BCUT2D eigenvalue weighted by atomic mass is 10.0. The molecule has 1 fully saturated rings. The summed E-state index contributed by atoms with van der Waals surface area (Å²) in [4.78, 5) is 25.9. The van der Waals surface area contributed by atoms with E-state index in [0.29, 0.717) is 34.9 Å². The molecule has 0 unspecified atom stereocenters. The third-order valence-corrected chi connectivity index (χ3v) is 8.57. The van der Waals surface area contributed by atoms with E-state index in [9.17, 15) is 13.2 Å². The number of carbonyl (C=O) groups excluding carboxylic acids is 1. The first-order valence-corrected chi connectivity index (χ1v) is 13.8. The number of hydrogen-bond donors (Lipinski definition) is 2. The van der Waals surface area contributed by atoms with Crippen LogP contribution in [0.4, 0.5) is 23.0 Å². The van der Waals surface area contributed by atoms with E-state index in [1.54, 1.807) is 25.2 Å². The van der Waals surface area contributed by atoms with E-state index in [0.717, 1.165) is 37.6 Å². The maximum Gasteiger partial charge on any atom is 0.268 e. The van der Waals surface area contributed by atoms with E-state index in [1.165, 1.54) is 10.5 Å². The highest BCUT2D eigenvalue weighted by atomic mass is 32.2. The highest BCUT2D eigenvalue weighted by Gasteiger charge is 2.36. The standard InChI is InChI=1S/C26H31N7O3S/c1-4-11-33-22-16-18(25(34)27-2)5-10-21(22)24-23(37(33,35)36)17-28-26(30-24)29-19-6-8-20(9-7-19)32-14-12-31(3)13-15-32/h5-10,16-17H,4,11-15H2,1-3H3,(H,27,34)(H,28,29,30). The molecule has 1 amide bonds. The van der Waals surface area contributed by atoms with Crippen molar-refractivity contribution in [2.75, 3.05) is 61.3 Å². The fourth-order valence-electron chi connectivity index (χ4n) is 4.68. The monoisotopic (exact) mass is 521 g/mol. The van der Waals surface area contributed by atoms with Crippen LogP contribution in [0.2, 0.25) is 0 Å². The van der Waals surface area contributed by atoms with Gasteiger partial charge in [-0.1, -0.05) is 6.92 Å². The summed E-state index contributed by atoms with van der Waals surface area (Å²) in [5.74, 6) is 0.0130. The quantitative estimate of drug-likeness (QED) is 0.510. The van der Waals surface area contributed by atoms with Gasteiger partial charge in [-0.15, -0.1) is 0 Å². The number of carbonyl (C=O) groups is 1. The molecule has 1 saturated heterocycles. The normalized spacial score (nSPS) is 16.6. The van der Waals surface area contributed by atoms with E-state index in [-0.39, 0.29) is 17.3 Å². The van der Waals surface area contributed by atoms with Gasteiger partial charge in [0.25, 0.3) is 15.9 Å². The van der Waals surface area contributed by atoms with E-state index >= 15 is 0 Å². The number of piperazine rings is 1. The minimum Gasteiger partial charge on any atom is -0.369 e. The molecule has 194 valence electrons. The number of anilines is 4. The van der Waals surface area contributed by atoms with Crippen LogP contribution in [0.25, 0.3) is 11.3 Å². The van der Waals surface area contributed by atoms with Crippen LogP contribution in [-0.4, -0.2) is 76.0 Å². The Morgan fingerprint density at radius 2 is 1.78 bits per heavy atom. The predicted octanol–water partition coefficient (Wildman–Crippen LogP) is 2.92. The van der Waals surface area contributed by atoms with Crippen LogP contribution in [0.1, 0.15) is 23.7 Å². The number of amides is 1. The van der Waals surface area contributed by atoms with Crippen molar-refractivity contribution in [1.82, 2.24) is 20.2 Å². The van der Waals surface area contributed by atoms with Gasteiger partial charge < -0.3 is 20.4 Å². The third-order valence-electron chi connectivity index (χ3n) is 6.75. The fourth-order valence-corrected chi connectivity index (χ4v) is 6.33. The summed E-state index contributed by atoms with van der Waals surface area (Å²) in [5, 5.41) is 5.79. The lowest BCUT2D eigenvalue weighted by Crippen LogP contribution is -2.44. The van der Waals surface area contributed by atoms with Crippen LogP contribution >= 0.6 is 0 Å². The maximum absolute atomic E-state index is 13.5. The molecule has 2 aromatic carbocycles. The summed E-state index contributed by atoms with van der Waals surface area (Å²) in [6.07, 6.45) is 1.97. The highest BCUT2D eigenvalue weighted by Crippen LogP contribution is 2.42. The Bertz CT molecular complexity index is 1420. The van der Waals surface area contributed by atoms with E-state index in [1.807, 2.05) is 19.1 Å². The average Bonchev–Trinajstić information content (AvgIpc) is 2.91. The maximum atomic E-state index is 13.5. The topological polar surface area (TPSA) is 111 Å². The Kier molecular flexibility index (Phi) is 6.74. The Morgan fingerprint density at radius 3 is 2.46 bits per heavy atom. The molecule has 2 aliphatic heterocycles. The lowest BCUT2D eigenvalue weighted by molar-refractivity contribution is 0.0963. The number of fused-ring (bicyclic) bond motifs is 3. The molecule has 0 radical (unpaired) electrons. The Hall–Kier alpha value is -3.70. The predicted molar refractivity (Wildman–Crippen MR) is 145 cm³/mol. The second-order valence-electron chi connectivity index (χ2n) is 9.26. The summed E-state index contributed by atoms with van der Waals surface area (Å²) < 4.78 is 28.3. The summed E-state index contributed by atoms with van der Waals surface area (Å²) in [6.45, 7) is 6.24. The van der Waals surface area contributed by atoms with Gasteiger partial charge in [-0.2, -0.15) is 0 Å². The molecule has 10 nitrogen and oxygen atoms in total. The molecular weight excluding hydrogens is 490 g/mol. The highest BCUT2D eigenvalue weighted by molar-refractivity contribution is 7.93. The number of benzene rings is 2. The minimum absolute atomic E-state index is 0.0529. The van der Waals surface area contributed by atoms with Crippen molar-refractivity contribution in [1.29, 1.82) is 0 Å². The SMILES string of the molecule is CCCN1c2cc(C(=O)NC)ccc2-c2nc(Nc3ccc(N4CCN(C)CC4)cc3)ncc2S1(=O)=O. The molecule has 0 aliphatic carbocycles. The van der Waals surface area contributed by atoms with Gasteiger partial charge in [-0.25, -0.2) is 18.4 Å².